The minimum absolute atomic E-state index is 0.132. The van der Waals surface area contributed by atoms with Crippen LogP contribution in [-0.2, 0) is 11.3 Å². The molecule has 0 bridgehead atoms. The van der Waals surface area contributed by atoms with E-state index < -0.39 is 0 Å². The van der Waals surface area contributed by atoms with Gasteiger partial charge in [0.1, 0.15) is 6.33 Å². The zero-order valence-corrected chi connectivity index (χ0v) is 13.4. The molecular weight excluding hydrogens is 304 g/mol. The van der Waals surface area contributed by atoms with Gasteiger partial charge in [-0.2, -0.15) is 0 Å². The van der Waals surface area contributed by atoms with Crippen LogP contribution in [-0.4, -0.2) is 56.8 Å². The standard InChI is InChI=1S/C17H20N6O/c1-2-4-14(5-3-1)11-22-8-9-24-15(12-22)10-19-16-17-21-20-13-23(17)7-6-18-16/h1-7,13,15H,8-12H2,(H,18,19)/t15-/m0/s1. The Morgan fingerprint density at radius 1 is 1.25 bits per heavy atom. The fraction of sp³-hybridized carbons (Fsp3) is 0.353. The maximum atomic E-state index is 5.89. The van der Waals surface area contributed by atoms with Crippen molar-refractivity contribution in [3.8, 4) is 0 Å². The summed E-state index contributed by atoms with van der Waals surface area (Å²) in [6, 6.07) is 10.5. The van der Waals surface area contributed by atoms with E-state index in [9.17, 15) is 0 Å². The average molecular weight is 324 g/mol. The summed E-state index contributed by atoms with van der Waals surface area (Å²) in [6.45, 7) is 4.27. The number of anilines is 1. The minimum atomic E-state index is 0.132. The van der Waals surface area contributed by atoms with Gasteiger partial charge in [0.05, 0.1) is 12.7 Å². The van der Waals surface area contributed by atoms with Crippen LogP contribution in [0.15, 0.2) is 49.1 Å². The molecule has 1 saturated heterocycles. The molecule has 0 saturated carbocycles. The van der Waals surface area contributed by atoms with Crippen molar-refractivity contribution in [1.29, 1.82) is 0 Å². The molecule has 1 aliphatic rings. The van der Waals surface area contributed by atoms with Gasteiger partial charge in [0.2, 0.25) is 5.65 Å². The monoisotopic (exact) mass is 324 g/mol. The first-order chi connectivity index (χ1) is 11.9. The van der Waals surface area contributed by atoms with Crippen molar-refractivity contribution in [2.45, 2.75) is 12.6 Å². The van der Waals surface area contributed by atoms with E-state index in [0.29, 0.717) is 6.54 Å². The van der Waals surface area contributed by atoms with Gasteiger partial charge in [-0.15, -0.1) is 10.2 Å². The zero-order chi connectivity index (χ0) is 16.2. The Labute approximate surface area is 140 Å². The number of hydrogen-bond donors (Lipinski definition) is 1. The highest BCUT2D eigenvalue weighted by atomic mass is 16.5. The largest absolute Gasteiger partial charge is 0.374 e. The second-order valence-corrected chi connectivity index (χ2v) is 5.93. The second kappa shape index (κ2) is 6.94. The smallest absolute Gasteiger partial charge is 0.203 e. The number of ether oxygens (including phenoxy) is 1. The maximum absolute atomic E-state index is 5.89. The molecule has 3 heterocycles. The molecule has 0 aliphatic carbocycles. The van der Waals surface area contributed by atoms with Crippen molar-refractivity contribution in [1.82, 2.24) is 24.5 Å². The number of fused-ring (bicyclic) bond motifs is 1. The molecule has 1 aliphatic heterocycles. The first kappa shape index (κ1) is 15.0. The van der Waals surface area contributed by atoms with Crippen LogP contribution in [0.4, 0.5) is 5.82 Å². The third-order valence-corrected chi connectivity index (χ3v) is 4.18. The second-order valence-electron chi connectivity index (χ2n) is 5.93. The Morgan fingerprint density at radius 3 is 3.08 bits per heavy atom. The fourth-order valence-electron chi connectivity index (χ4n) is 2.98. The Balaban J connectivity index is 1.36. The van der Waals surface area contributed by atoms with E-state index in [1.165, 1.54) is 5.56 Å². The molecule has 1 fully saturated rings. The van der Waals surface area contributed by atoms with Gasteiger partial charge >= 0.3 is 0 Å². The van der Waals surface area contributed by atoms with Gasteiger partial charge in [-0.25, -0.2) is 4.98 Å². The molecular formula is C17H20N6O. The lowest BCUT2D eigenvalue weighted by Gasteiger charge is -2.33. The highest BCUT2D eigenvalue weighted by molar-refractivity contribution is 5.61. The van der Waals surface area contributed by atoms with E-state index in [2.05, 4.69) is 49.7 Å². The van der Waals surface area contributed by atoms with Crippen LogP contribution in [0, 0.1) is 0 Å². The lowest BCUT2D eigenvalue weighted by atomic mass is 10.2. The molecule has 7 heteroatoms. The number of morpholine rings is 1. The van der Waals surface area contributed by atoms with Gasteiger partial charge in [0.25, 0.3) is 0 Å². The summed E-state index contributed by atoms with van der Waals surface area (Å²) in [6.07, 6.45) is 5.37. The van der Waals surface area contributed by atoms with Crippen LogP contribution in [0.5, 0.6) is 0 Å². The van der Waals surface area contributed by atoms with Gasteiger partial charge in [0.15, 0.2) is 5.82 Å². The molecule has 0 amide bonds. The number of rotatable bonds is 5. The molecule has 124 valence electrons. The number of aromatic nitrogens is 4. The Kier molecular flexibility index (Phi) is 4.35. The van der Waals surface area contributed by atoms with E-state index in [4.69, 9.17) is 4.74 Å². The minimum Gasteiger partial charge on any atom is -0.374 e. The SMILES string of the molecule is c1ccc(CN2CCO[C@@H](CNc3nccn4cnnc34)C2)cc1. The lowest BCUT2D eigenvalue weighted by molar-refractivity contribution is -0.0240. The molecule has 0 radical (unpaired) electrons. The summed E-state index contributed by atoms with van der Waals surface area (Å²) in [5.41, 5.74) is 2.07. The fourth-order valence-corrected chi connectivity index (χ4v) is 2.98. The van der Waals surface area contributed by atoms with Gasteiger partial charge in [-0.3, -0.25) is 9.30 Å². The lowest BCUT2D eigenvalue weighted by Crippen LogP contribution is -2.44. The summed E-state index contributed by atoms with van der Waals surface area (Å²) in [5.74, 6) is 0.735. The molecule has 0 unspecified atom stereocenters. The summed E-state index contributed by atoms with van der Waals surface area (Å²) >= 11 is 0. The van der Waals surface area contributed by atoms with Crippen LogP contribution in [0.1, 0.15) is 5.56 Å². The van der Waals surface area contributed by atoms with Crippen molar-refractivity contribution in [3.05, 3.63) is 54.6 Å². The van der Waals surface area contributed by atoms with Crippen molar-refractivity contribution < 1.29 is 4.74 Å². The van der Waals surface area contributed by atoms with Crippen molar-refractivity contribution in [3.63, 3.8) is 0 Å². The Morgan fingerprint density at radius 2 is 2.17 bits per heavy atom. The van der Waals surface area contributed by atoms with Gasteiger partial charge < -0.3 is 10.1 Å². The maximum Gasteiger partial charge on any atom is 0.203 e. The third-order valence-electron chi connectivity index (χ3n) is 4.18. The molecule has 24 heavy (non-hydrogen) atoms. The molecule has 4 rings (SSSR count). The number of nitrogens with zero attached hydrogens (tertiary/aromatic N) is 5. The first-order valence-electron chi connectivity index (χ1n) is 8.14. The summed E-state index contributed by atoms with van der Waals surface area (Å²) in [7, 11) is 0. The van der Waals surface area contributed by atoms with E-state index in [-0.39, 0.29) is 6.10 Å². The van der Waals surface area contributed by atoms with E-state index >= 15 is 0 Å². The molecule has 1 N–H and O–H groups in total. The molecule has 0 spiro atoms. The quantitative estimate of drug-likeness (QED) is 0.766. The normalized spacial score (nSPS) is 18.8. The predicted molar refractivity (Wildman–Crippen MR) is 90.7 cm³/mol. The Hall–Kier alpha value is -2.51. The Bertz CT molecular complexity index is 790. The number of hydrogen-bond acceptors (Lipinski definition) is 6. The van der Waals surface area contributed by atoms with Crippen LogP contribution >= 0.6 is 0 Å². The van der Waals surface area contributed by atoms with Gasteiger partial charge in [0, 0.05) is 38.6 Å². The summed E-state index contributed by atoms with van der Waals surface area (Å²) < 4.78 is 7.73. The van der Waals surface area contributed by atoms with Crippen molar-refractivity contribution in [2.75, 3.05) is 31.6 Å². The first-order valence-corrected chi connectivity index (χ1v) is 8.14. The third kappa shape index (κ3) is 3.37. The van der Waals surface area contributed by atoms with E-state index in [1.54, 1.807) is 12.5 Å². The van der Waals surface area contributed by atoms with Gasteiger partial charge in [-0.05, 0) is 5.56 Å². The summed E-state index contributed by atoms with van der Waals surface area (Å²) in [4.78, 5) is 6.77. The molecule has 7 nitrogen and oxygen atoms in total. The predicted octanol–water partition coefficient (Wildman–Crippen LogP) is 1.44. The highest BCUT2D eigenvalue weighted by Crippen LogP contribution is 2.13. The van der Waals surface area contributed by atoms with Crippen molar-refractivity contribution >= 4 is 11.5 Å². The van der Waals surface area contributed by atoms with Gasteiger partial charge in [-0.1, -0.05) is 30.3 Å². The number of benzene rings is 1. The van der Waals surface area contributed by atoms with Crippen LogP contribution in [0.3, 0.4) is 0 Å². The topological polar surface area (TPSA) is 67.6 Å². The average Bonchev–Trinajstić information content (AvgIpc) is 3.10. The highest BCUT2D eigenvalue weighted by Gasteiger charge is 2.20. The zero-order valence-electron chi connectivity index (χ0n) is 13.4. The molecule has 1 atom stereocenters. The molecule has 1 aromatic carbocycles. The molecule has 2 aromatic heterocycles. The number of nitrogens with one attached hydrogen (secondary N) is 1. The van der Waals surface area contributed by atoms with Crippen LogP contribution in [0.25, 0.3) is 5.65 Å². The van der Waals surface area contributed by atoms with Crippen LogP contribution in [0.2, 0.25) is 0 Å². The molecule has 3 aromatic rings. The van der Waals surface area contributed by atoms with E-state index in [1.807, 2.05) is 16.7 Å². The summed E-state index contributed by atoms with van der Waals surface area (Å²) in [5, 5.41) is 11.3. The van der Waals surface area contributed by atoms with Crippen molar-refractivity contribution in [2.24, 2.45) is 0 Å². The van der Waals surface area contributed by atoms with E-state index in [0.717, 1.165) is 37.7 Å². The van der Waals surface area contributed by atoms with Crippen LogP contribution < -0.4 is 5.32 Å².